The second-order valence-electron chi connectivity index (χ2n) is 5.39. The summed E-state index contributed by atoms with van der Waals surface area (Å²) in [5.74, 6) is -1.63. The van der Waals surface area contributed by atoms with Gasteiger partial charge in [0.1, 0.15) is 0 Å². The zero-order valence-corrected chi connectivity index (χ0v) is 14.3. The summed E-state index contributed by atoms with van der Waals surface area (Å²) in [6, 6.07) is 6.76. The number of nitrogens with zero attached hydrogens (tertiary/aromatic N) is 2. The van der Waals surface area contributed by atoms with Crippen molar-refractivity contribution in [3.05, 3.63) is 81.9 Å². The van der Waals surface area contributed by atoms with E-state index in [0.717, 1.165) is 11.3 Å². The van der Waals surface area contributed by atoms with Crippen LogP contribution in [0.3, 0.4) is 0 Å². The van der Waals surface area contributed by atoms with Crippen molar-refractivity contribution in [1.29, 1.82) is 0 Å². The molecule has 11 heteroatoms. The van der Waals surface area contributed by atoms with E-state index in [-0.39, 0.29) is 0 Å². The molecule has 0 aliphatic rings. The van der Waals surface area contributed by atoms with Crippen LogP contribution < -0.4 is 16.6 Å². The number of H-pyrrole nitrogens is 4. The number of amides is 1. The third-order valence-electron chi connectivity index (χ3n) is 3.51. The van der Waals surface area contributed by atoms with Gasteiger partial charge < -0.3 is 20.4 Å². The normalized spacial score (nSPS) is 10.0. The lowest BCUT2D eigenvalue weighted by Gasteiger charge is -2.06. The molecular formula is C17H15N7O4. The summed E-state index contributed by atoms with van der Waals surface area (Å²) in [4.78, 5) is 51.7. The first kappa shape index (κ1) is 18.4. The average molecular weight is 381 g/mol. The van der Waals surface area contributed by atoms with Gasteiger partial charge >= 0.3 is 5.69 Å². The minimum absolute atomic E-state index is 0.420. The Balaban J connectivity index is 0.000000391. The molecule has 6 N–H and O–H groups in total. The molecule has 0 atom stereocenters. The van der Waals surface area contributed by atoms with E-state index in [4.69, 9.17) is 0 Å². The van der Waals surface area contributed by atoms with E-state index in [0.29, 0.717) is 5.69 Å². The van der Waals surface area contributed by atoms with Gasteiger partial charge in [-0.15, -0.1) is 0 Å². The number of imidazole rings is 2. The highest BCUT2D eigenvalue weighted by Crippen LogP contribution is 2.19. The average Bonchev–Trinajstić information content (AvgIpc) is 3.38. The van der Waals surface area contributed by atoms with Gasteiger partial charge in [0.15, 0.2) is 5.56 Å². The van der Waals surface area contributed by atoms with E-state index in [1.807, 2.05) is 9.97 Å². The molecule has 0 aliphatic carbocycles. The fourth-order valence-electron chi connectivity index (χ4n) is 2.24. The molecule has 1 aromatic carbocycles. The largest absolute Gasteiger partial charge is 0.494 e. The summed E-state index contributed by atoms with van der Waals surface area (Å²) in [5.41, 5.74) is -0.334. The van der Waals surface area contributed by atoms with Crippen LogP contribution in [0.25, 0.3) is 11.3 Å². The standard InChI is InChI=1S/C14H11N5O4.C3H4N2/c20-11(10-12(21)18-14(23)19-13(10)22)17-8-3-1-7(2-4-8)9-5-15-6-16-9;1-2-5-3-4-1/h1-6H,(H,15,16)(H,17,20)(H3,18,19,21,22,23);1-3H,(H,4,5). The van der Waals surface area contributed by atoms with Crippen LogP contribution in [0.15, 0.2) is 65.1 Å². The minimum Gasteiger partial charge on any atom is -0.494 e. The topological polar surface area (TPSA) is 172 Å². The second-order valence-corrected chi connectivity index (χ2v) is 5.39. The van der Waals surface area contributed by atoms with Crippen LogP contribution in [0.2, 0.25) is 0 Å². The summed E-state index contributed by atoms with van der Waals surface area (Å²) in [6.07, 6.45) is 8.29. The van der Waals surface area contributed by atoms with Crippen molar-refractivity contribution in [2.24, 2.45) is 0 Å². The molecule has 0 saturated heterocycles. The number of nitrogens with one attached hydrogen (secondary N) is 5. The van der Waals surface area contributed by atoms with Crippen LogP contribution in [0.1, 0.15) is 10.4 Å². The second kappa shape index (κ2) is 8.31. The predicted molar refractivity (Wildman–Crippen MR) is 99.9 cm³/mol. The Hall–Kier alpha value is -4.41. The van der Waals surface area contributed by atoms with Gasteiger partial charge in [-0.3, -0.25) is 19.6 Å². The molecule has 0 saturated carbocycles. The number of aromatic hydroxyl groups is 1. The summed E-state index contributed by atoms with van der Waals surface area (Å²) < 4.78 is 0. The number of hydrogen-bond acceptors (Lipinski definition) is 6. The summed E-state index contributed by atoms with van der Waals surface area (Å²) in [6.45, 7) is 0. The number of hydrogen-bond donors (Lipinski definition) is 6. The van der Waals surface area contributed by atoms with E-state index in [9.17, 15) is 19.5 Å². The first-order valence-electron chi connectivity index (χ1n) is 7.93. The smallest absolute Gasteiger partial charge is 0.328 e. The van der Waals surface area contributed by atoms with E-state index in [2.05, 4.69) is 25.3 Å². The number of benzene rings is 1. The number of rotatable bonds is 3. The molecule has 0 unspecified atom stereocenters. The van der Waals surface area contributed by atoms with Gasteiger partial charge in [0.25, 0.3) is 11.5 Å². The lowest BCUT2D eigenvalue weighted by atomic mass is 10.1. The molecule has 3 heterocycles. The summed E-state index contributed by atoms with van der Waals surface area (Å²) in [7, 11) is 0. The Morgan fingerprint density at radius 3 is 2.36 bits per heavy atom. The van der Waals surface area contributed by atoms with Crippen molar-refractivity contribution >= 4 is 11.6 Å². The van der Waals surface area contributed by atoms with Gasteiger partial charge in [-0.1, -0.05) is 12.1 Å². The molecule has 28 heavy (non-hydrogen) atoms. The maximum absolute atomic E-state index is 12.1. The number of aromatic nitrogens is 6. The molecule has 0 radical (unpaired) electrons. The van der Waals surface area contributed by atoms with Crippen molar-refractivity contribution in [2.45, 2.75) is 0 Å². The fourth-order valence-corrected chi connectivity index (χ4v) is 2.24. The highest BCUT2D eigenvalue weighted by atomic mass is 16.3. The molecule has 0 spiro atoms. The van der Waals surface area contributed by atoms with E-state index >= 15 is 0 Å². The molecule has 11 nitrogen and oxygen atoms in total. The van der Waals surface area contributed by atoms with Crippen LogP contribution in [0.5, 0.6) is 5.88 Å². The molecule has 4 rings (SSSR count). The minimum atomic E-state index is -0.974. The molecule has 4 aromatic rings. The number of anilines is 1. The predicted octanol–water partition coefficient (Wildman–Crippen LogP) is 0.821. The van der Waals surface area contributed by atoms with Crippen LogP contribution in [0.4, 0.5) is 5.69 Å². The van der Waals surface area contributed by atoms with Gasteiger partial charge in [0, 0.05) is 18.1 Å². The van der Waals surface area contributed by atoms with E-state index < -0.39 is 28.6 Å². The van der Waals surface area contributed by atoms with Crippen molar-refractivity contribution in [3.63, 3.8) is 0 Å². The van der Waals surface area contributed by atoms with Crippen LogP contribution in [-0.4, -0.2) is 40.9 Å². The zero-order valence-electron chi connectivity index (χ0n) is 14.3. The zero-order chi connectivity index (χ0) is 19.9. The summed E-state index contributed by atoms with van der Waals surface area (Å²) >= 11 is 0. The monoisotopic (exact) mass is 381 g/mol. The van der Waals surface area contributed by atoms with Crippen molar-refractivity contribution in [3.8, 4) is 17.1 Å². The third-order valence-corrected chi connectivity index (χ3v) is 3.51. The van der Waals surface area contributed by atoms with E-state index in [1.165, 1.54) is 0 Å². The van der Waals surface area contributed by atoms with Gasteiger partial charge in [-0.05, 0) is 17.7 Å². The molecule has 142 valence electrons. The maximum Gasteiger partial charge on any atom is 0.328 e. The molecule has 1 amide bonds. The lowest BCUT2D eigenvalue weighted by molar-refractivity contribution is 0.102. The van der Waals surface area contributed by atoms with Gasteiger partial charge in [0.2, 0.25) is 5.88 Å². The maximum atomic E-state index is 12.1. The Kier molecular flexibility index (Phi) is 5.46. The Labute approximate surface area is 156 Å². The Morgan fingerprint density at radius 1 is 1.04 bits per heavy atom. The van der Waals surface area contributed by atoms with Gasteiger partial charge in [-0.25, -0.2) is 14.8 Å². The Bertz CT molecular complexity index is 1130. The van der Waals surface area contributed by atoms with Crippen molar-refractivity contribution in [1.82, 2.24) is 29.9 Å². The number of carbonyl (C=O) groups excluding carboxylic acids is 1. The fraction of sp³-hybridized carbons (Fsp3) is 0. The van der Waals surface area contributed by atoms with Crippen LogP contribution in [-0.2, 0) is 0 Å². The molecule has 0 bridgehead atoms. The highest BCUT2D eigenvalue weighted by molar-refractivity contribution is 6.05. The SMILES string of the molecule is O=C(Nc1ccc(-c2cnc[nH]2)cc1)c1c(O)[nH]c(=O)[nH]c1=O.c1c[nH]cn1. The summed E-state index contributed by atoms with van der Waals surface area (Å²) in [5, 5.41) is 12.0. The lowest BCUT2D eigenvalue weighted by Crippen LogP contribution is -2.30. The molecular weight excluding hydrogens is 366 g/mol. The van der Waals surface area contributed by atoms with Gasteiger partial charge in [0.05, 0.1) is 24.5 Å². The van der Waals surface area contributed by atoms with Crippen molar-refractivity contribution in [2.75, 3.05) is 5.32 Å². The quantitative estimate of drug-likeness (QED) is 0.306. The highest BCUT2D eigenvalue weighted by Gasteiger charge is 2.17. The van der Waals surface area contributed by atoms with Crippen LogP contribution in [0, 0.1) is 0 Å². The Morgan fingerprint density at radius 2 is 1.82 bits per heavy atom. The molecule has 3 aromatic heterocycles. The first-order valence-corrected chi connectivity index (χ1v) is 7.93. The third kappa shape index (κ3) is 4.40. The number of aromatic amines is 4. The van der Waals surface area contributed by atoms with Gasteiger partial charge in [-0.2, -0.15) is 0 Å². The molecule has 0 fully saturated rings. The van der Waals surface area contributed by atoms with Crippen molar-refractivity contribution < 1.29 is 9.90 Å². The molecule has 0 aliphatic heterocycles. The van der Waals surface area contributed by atoms with Crippen LogP contribution >= 0.6 is 0 Å². The number of carbonyl (C=O) groups is 1. The van der Waals surface area contributed by atoms with E-state index in [1.54, 1.807) is 55.5 Å². The first-order chi connectivity index (χ1) is 13.5.